The Labute approximate surface area is 112 Å². The Balaban J connectivity index is 2.68. The molecule has 0 aliphatic rings. The predicted octanol–water partition coefficient (Wildman–Crippen LogP) is 2.74. The Bertz CT molecular complexity index is 428. The Hall–Kier alpha value is -0.620. The third-order valence-electron chi connectivity index (χ3n) is 2.33. The van der Waals surface area contributed by atoms with E-state index in [4.69, 9.17) is 5.73 Å². The van der Waals surface area contributed by atoms with Gasteiger partial charge < -0.3 is 11.1 Å². The molecule has 2 unspecified atom stereocenters. The topological polar surface area (TPSA) is 55.1 Å². The minimum Gasteiger partial charge on any atom is -0.397 e. The van der Waals surface area contributed by atoms with Crippen molar-refractivity contribution in [1.29, 1.82) is 0 Å². The van der Waals surface area contributed by atoms with Gasteiger partial charge in [-0.3, -0.25) is 4.21 Å². The van der Waals surface area contributed by atoms with Gasteiger partial charge >= 0.3 is 0 Å². The third kappa shape index (κ3) is 4.63. The summed E-state index contributed by atoms with van der Waals surface area (Å²) in [7, 11) is -0.798. The summed E-state index contributed by atoms with van der Waals surface area (Å²) >= 11 is 3.11. The molecule has 0 aliphatic heterocycles. The number of nitrogens with one attached hydrogen (secondary N) is 1. The van der Waals surface area contributed by atoms with Crippen molar-refractivity contribution in [3.8, 4) is 0 Å². The fourth-order valence-corrected chi connectivity index (χ4v) is 2.40. The highest BCUT2D eigenvalue weighted by molar-refractivity contribution is 9.10. The van der Waals surface area contributed by atoms with Crippen LogP contribution in [0.5, 0.6) is 0 Å². The van der Waals surface area contributed by atoms with Crippen LogP contribution in [0.4, 0.5) is 15.8 Å². The van der Waals surface area contributed by atoms with E-state index < -0.39 is 10.8 Å². The van der Waals surface area contributed by atoms with Crippen molar-refractivity contribution >= 4 is 38.1 Å². The Kier molecular flexibility index (Phi) is 5.39. The lowest BCUT2D eigenvalue weighted by atomic mass is 10.2. The Morgan fingerprint density at radius 3 is 2.82 bits per heavy atom. The van der Waals surface area contributed by atoms with Crippen molar-refractivity contribution in [3.05, 3.63) is 22.4 Å². The van der Waals surface area contributed by atoms with Crippen LogP contribution in [0.15, 0.2) is 16.6 Å². The molecule has 0 spiro atoms. The zero-order chi connectivity index (χ0) is 13.0. The first-order chi connectivity index (χ1) is 7.90. The fraction of sp³-hybridized carbons (Fsp3) is 0.455. The summed E-state index contributed by atoms with van der Waals surface area (Å²) in [5, 5.41) is 3.18. The molecule has 6 heteroatoms. The molecule has 0 saturated heterocycles. The summed E-state index contributed by atoms with van der Waals surface area (Å²) in [5.74, 6) is 0.256. The molecule has 96 valence electrons. The van der Waals surface area contributed by atoms with E-state index >= 15 is 0 Å². The van der Waals surface area contributed by atoms with Crippen molar-refractivity contribution in [2.45, 2.75) is 19.4 Å². The zero-order valence-corrected chi connectivity index (χ0v) is 12.2. The molecule has 1 aromatic rings. The maximum atomic E-state index is 13.2. The van der Waals surface area contributed by atoms with Crippen LogP contribution in [-0.4, -0.2) is 22.3 Å². The molecule has 0 amide bonds. The minimum absolute atomic E-state index is 0.138. The highest BCUT2D eigenvalue weighted by Crippen LogP contribution is 2.27. The summed E-state index contributed by atoms with van der Waals surface area (Å²) < 4.78 is 24.5. The lowest BCUT2D eigenvalue weighted by molar-refractivity contribution is 0.621. The highest BCUT2D eigenvalue weighted by Gasteiger charge is 2.09. The van der Waals surface area contributed by atoms with E-state index in [1.807, 2.05) is 6.92 Å². The average molecular weight is 323 g/mol. The van der Waals surface area contributed by atoms with Gasteiger partial charge in [-0.1, -0.05) is 0 Å². The molecule has 2 atom stereocenters. The molecule has 0 heterocycles. The molecule has 1 rings (SSSR count). The normalized spacial score (nSPS) is 14.4. The monoisotopic (exact) mass is 322 g/mol. The number of nitrogen functional groups attached to an aromatic ring is 1. The Morgan fingerprint density at radius 1 is 1.59 bits per heavy atom. The molecule has 0 bridgehead atoms. The first-order valence-electron chi connectivity index (χ1n) is 5.21. The van der Waals surface area contributed by atoms with Crippen LogP contribution in [0, 0.1) is 5.82 Å². The van der Waals surface area contributed by atoms with Gasteiger partial charge in [0.05, 0.1) is 15.8 Å². The SMILES string of the molecule is CC(CCS(C)=O)Nc1cc(Br)c(F)cc1N. The molecule has 0 radical (unpaired) electrons. The van der Waals surface area contributed by atoms with Crippen LogP contribution < -0.4 is 11.1 Å². The number of hydrogen-bond acceptors (Lipinski definition) is 3. The predicted molar refractivity (Wildman–Crippen MR) is 75.1 cm³/mol. The second-order valence-corrected chi connectivity index (χ2v) is 6.37. The van der Waals surface area contributed by atoms with Gasteiger partial charge in [-0.25, -0.2) is 4.39 Å². The van der Waals surface area contributed by atoms with Gasteiger partial charge in [0.25, 0.3) is 0 Å². The molecule has 1 aromatic carbocycles. The lowest BCUT2D eigenvalue weighted by Crippen LogP contribution is -2.18. The fourth-order valence-electron chi connectivity index (χ4n) is 1.37. The molecule has 0 saturated carbocycles. The van der Waals surface area contributed by atoms with Gasteiger partial charge in [0.15, 0.2) is 0 Å². The van der Waals surface area contributed by atoms with Crippen LogP contribution in [0.3, 0.4) is 0 Å². The summed E-state index contributed by atoms with van der Waals surface area (Å²) in [6, 6.07) is 3.03. The van der Waals surface area contributed by atoms with Gasteiger partial charge in [-0.2, -0.15) is 0 Å². The van der Waals surface area contributed by atoms with E-state index in [1.54, 1.807) is 12.3 Å². The van der Waals surface area contributed by atoms with Gasteiger partial charge in [-0.15, -0.1) is 0 Å². The average Bonchev–Trinajstić information content (AvgIpc) is 2.23. The van der Waals surface area contributed by atoms with Crippen LogP contribution in [0.25, 0.3) is 0 Å². The van der Waals surface area contributed by atoms with Crippen LogP contribution in [0.1, 0.15) is 13.3 Å². The van der Waals surface area contributed by atoms with Gasteiger partial charge in [0.1, 0.15) is 5.82 Å². The van der Waals surface area contributed by atoms with Gasteiger partial charge in [0.2, 0.25) is 0 Å². The molecule has 3 nitrogen and oxygen atoms in total. The summed E-state index contributed by atoms with van der Waals surface area (Å²) in [4.78, 5) is 0. The molecule has 3 N–H and O–H groups in total. The van der Waals surface area contributed by atoms with Crippen LogP contribution in [0.2, 0.25) is 0 Å². The molecular formula is C11H16BrFN2OS. The van der Waals surface area contributed by atoms with E-state index in [9.17, 15) is 8.60 Å². The number of anilines is 2. The van der Waals surface area contributed by atoms with Gasteiger partial charge in [-0.05, 0) is 35.3 Å². The van der Waals surface area contributed by atoms with Crippen molar-refractivity contribution < 1.29 is 8.60 Å². The first-order valence-corrected chi connectivity index (χ1v) is 7.73. The number of halogens is 2. The Morgan fingerprint density at radius 2 is 2.24 bits per heavy atom. The van der Waals surface area contributed by atoms with Crippen LogP contribution in [-0.2, 0) is 10.8 Å². The van der Waals surface area contributed by atoms with Crippen molar-refractivity contribution in [1.82, 2.24) is 0 Å². The molecule has 0 aliphatic carbocycles. The maximum Gasteiger partial charge on any atom is 0.139 e. The maximum absolute atomic E-state index is 13.2. The first kappa shape index (κ1) is 14.4. The summed E-state index contributed by atoms with van der Waals surface area (Å²) in [5.41, 5.74) is 6.77. The van der Waals surface area contributed by atoms with Crippen molar-refractivity contribution in [2.24, 2.45) is 0 Å². The lowest BCUT2D eigenvalue weighted by Gasteiger charge is -2.16. The number of rotatable bonds is 5. The third-order valence-corrected chi connectivity index (χ3v) is 3.75. The molecular weight excluding hydrogens is 307 g/mol. The van der Waals surface area contributed by atoms with E-state index in [1.165, 1.54) is 6.07 Å². The molecule has 0 fully saturated rings. The smallest absolute Gasteiger partial charge is 0.139 e. The second-order valence-electron chi connectivity index (χ2n) is 3.96. The largest absolute Gasteiger partial charge is 0.397 e. The van der Waals surface area contributed by atoms with E-state index in [0.29, 0.717) is 21.6 Å². The van der Waals surface area contributed by atoms with Crippen molar-refractivity contribution in [2.75, 3.05) is 23.1 Å². The summed E-state index contributed by atoms with van der Waals surface area (Å²) in [6.45, 7) is 1.98. The van der Waals surface area contributed by atoms with Crippen molar-refractivity contribution in [3.63, 3.8) is 0 Å². The zero-order valence-electron chi connectivity index (χ0n) is 9.80. The van der Waals surface area contributed by atoms with Crippen LogP contribution >= 0.6 is 15.9 Å². The highest BCUT2D eigenvalue weighted by atomic mass is 79.9. The van der Waals surface area contributed by atoms with E-state index in [0.717, 1.165) is 6.42 Å². The van der Waals surface area contributed by atoms with E-state index in [2.05, 4.69) is 21.2 Å². The number of nitrogens with two attached hydrogens (primary N) is 1. The molecule has 17 heavy (non-hydrogen) atoms. The number of benzene rings is 1. The summed E-state index contributed by atoms with van der Waals surface area (Å²) in [6.07, 6.45) is 2.45. The quantitative estimate of drug-likeness (QED) is 0.819. The second kappa shape index (κ2) is 6.35. The number of hydrogen-bond donors (Lipinski definition) is 2. The van der Waals surface area contributed by atoms with Gasteiger partial charge in [0, 0.05) is 34.9 Å². The molecule has 0 aromatic heterocycles. The van der Waals surface area contributed by atoms with E-state index in [-0.39, 0.29) is 11.9 Å². The standard InChI is InChI=1S/C11H16BrFN2OS/c1-7(3-4-17(2)16)15-11-5-8(12)9(13)6-10(11)14/h5-7,15H,3-4,14H2,1-2H3. The minimum atomic E-state index is -0.798.